The van der Waals surface area contributed by atoms with Gasteiger partial charge in [0.1, 0.15) is 5.75 Å². The number of carbonyl (C=O) groups excluding carboxylic acids is 1. The quantitative estimate of drug-likeness (QED) is 0.462. The molecule has 0 heterocycles. The first kappa shape index (κ1) is 16.5. The summed E-state index contributed by atoms with van der Waals surface area (Å²) < 4.78 is 5.62. The Morgan fingerprint density at radius 2 is 1.64 bits per heavy atom. The fourth-order valence-corrected chi connectivity index (χ4v) is 3.51. The summed E-state index contributed by atoms with van der Waals surface area (Å²) in [6.45, 7) is 4.20. The van der Waals surface area contributed by atoms with Crippen LogP contribution in [0.4, 0.5) is 0 Å². The Bertz CT molecular complexity index is 593. The maximum absolute atomic E-state index is 12.7. The highest BCUT2D eigenvalue weighted by Crippen LogP contribution is 2.43. The SMILES string of the molecule is CCCC(c1ccccc1)C(C)([SiH3])C(=O)Oc1ccccc1. The maximum atomic E-state index is 12.7. The highest BCUT2D eigenvalue weighted by atomic mass is 28.1. The lowest BCUT2D eigenvalue weighted by molar-refractivity contribution is -0.138. The summed E-state index contributed by atoms with van der Waals surface area (Å²) in [6, 6.07) is 19.7. The van der Waals surface area contributed by atoms with Crippen molar-refractivity contribution in [2.24, 2.45) is 0 Å². The predicted octanol–water partition coefficient (Wildman–Crippen LogP) is 3.72. The number of rotatable bonds is 6. The monoisotopic (exact) mass is 312 g/mol. The van der Waals surface area contributed by atoms with Crippen molar-refractivity contribution in [3.8, 4) is 5.75 Å². The smallest absolute Gasteiger partial charge is 0.313 e. The molecule has 2 nitrogen and oxygen atoms in total. The number of para-hydroxylation sites is 1. The lowest BCUT2D eigenvalue weighted by Crippen LogP contribution is -2.32. The lowest BCUT2D eigenvalue weighted by atomic mass is 9.83. The van der Waals surface area contributed by atoms with Crippen molar-refractivity contribution < 1.29 is 9.53 Å². The van der Waals surface area contributed by atoms with Crippen molar-refractivity contribution in [3.05, 3.63) is 66.2 Å². The van der Waals surface area contributed by atoms with Gasteiger partial charge in [0.25, 0.3) is 0 Å². The Labute approximate surface area is 135 Å². The van der Waals surface area contributed by atoms with Gasteiger partial charge in [0.05, 0.1) is 5.04 Å². The highest BCUT2D eigenvalue weighted by molar-refractivity contribution is 6.27. The number of carbonyl (C=O) groups is 1. The zero-order chi connectivity index (χ0) is 16.0. The van der Waals surface area contributed by atoms with Gasteiger partial charge in [0, 0.05) is 10.2 Å². The van der Waals surface area contributed by atoms with Gasteiger partial charge in [-0.2, -0.15) is 0 Å². The number of ether oxygens (including phenoxy) is 1. The molecule has 2 rings (SSSR count). The largest absolute Gasteiger partial charge is 0.426 e. The van der Waals surface area contributed by atoms with Crippen LogP contribution < -0.4 is 4.74 Å². The van der Waals surface area contributed by atoms with Crippen molar-refractivity contribution in [2.75, 3.05) is 0 Å². The highest BCUT2D eigenvalue weighted by Gasteiger charge is 2.38. The van der Waals surface area contributed by atoms with E-state index in [-0.39, 0.29) is 11.9 Å². The van der Waals surface area contributed by atoms with Crippen LogP contribution >= 0.6 is 0 Å². The fourth-order valence-electron chi connectivity index (χ4n) is 2.79. The molecule has 0 saturated heterocycles. The van der Waals surface area contributed by atoms with Crippen molar-refractivity contribution in [1.29, 1.82) is 0 Å². The molecular formula is C19H24O2Si. The van der Waals surface area contributed by atoms with Gasteiger partial charge in [-0.3, -0.25) is 4.79 Å². The van der Waals surface area contributed by atoms with E-state index in [1.807, 2.05) is 55.5 Å². The van der Waals surface area contributed by atoms with Crippen LogP contribution in [0.1, 0.15) is 38.2 Å². The second-order valence-corrected chi connectivity index (χ2v) is 8.25. The summed E-state index contributed by atoms with van der Waals surface area (Å²) >= 11 is 0. The Morgan fingerprint density at radius 1 is 1.09 bits per heavy atom. The molecule has 3 heteroatoms. The number of hydrogen-bond acceptors (Lipinski definition) is 2. The van der Waals surface area contributed by atoms with E-state index in [1.165, 1.54) is 5.56 Å². The van der Waals surface area contributed by atoms with Gasteiger partial charge in [-0.15, -0.1) is 0 Å². The Morgan fingerprint density at radius 3 is 2.18 bits per heavy atom. The van der Waals surface area contributed by atoms with Gasteiger partial charge in [0.2, 0.25) is 0 Å². The Hall–Kier alpha value is -1.87. The Balaban J connectivity index is 2.23. The summed E-state index contributed by atoms with van der Waals surface area (Å²) in [7, 11) is 0.751. The first-order valence-electron chi connectivity index (χ1n) is 7.88. The van der Waals surface area contributed by atoms with Crippen molar-refractivity contribution in [2.45, 2.75) is 37.6 Å². The molecular weight excluding hydrogens is 288 g/mol. The minimum atomic E-state index is -0.437. The molecule has 2 atom stereocenters. The molecule has 0 bridgehead atoms. The molecule has 0 aromatic heterocycles. The third-order valence-electron chi connectivity index (χ3n) is 4.13. The topological polar surface area (TPSA) is 26.3 Å². The van der Waals surface area contributed by atoms with Gasteiger partial charge < -0.3 is 4.74 Å². The molecule has 0 amide bonds. The molecule has 0 saturated carbocycles. The lowest BCUT2D eigenvalue weighted by Gasteiger charge is -2.32. The average Bonchev–Trinajstić information content (AvgIpc) is 2.54. The van der Waals surface area contributed by atoms with Crippen LogP contribution in [0, 0.1) is 0 Å². The third-order valence-corrected chi connectivity index (χ3v) is 5.24. The van der Waals surface area contributed by atoms with E-state index >= 15 is 0 Å². The van der Waals surface area contributed by atoms with Crippen LogP contribution in [0.25, 0.3) is 0 Å². The van der Waals surface area contributed by atoms with Crippen LogP contribution in [-0.4, -0.2) is 16.2 Å². The summed E-state index contributed by atoms with van der Waals surface area (Å²) in [5, 5.41) is -0.437. The first-order chi connectivity index (χ1) is 10.6. The van der Waals surface area contributed by atoms with E-state index in [1.54, 1.807) is 0 Å². The van der Waals surface area contributed by atoms with Crippen molar-refractivity contribution in [3.63, 3.8) is 0 Å². The predicted molar refractivity (Wildman–Crippen MR) is 94.5 cm³/mol. The molecule has 0 fully saturated rings. The second kappa shape index (κ2) is 7.41. The fraction of sp³-hybridized carbons (Fsp3) is 0.316. The molecule has 0 spiro atoms. The van der Waals surface area contributed by atoms with Crippen LogP contribution in [0.15, 0.2) is 60.7 Å². The van der Waals surface area contributed by atoms with Gasteiger partial charge in [-0.1, -0.05) is 68.8 Å². The zero-order valence-corrected chi connectivity index (χ0v) is 15.6. The molecule has 0 aliphatic carbocycles. The maximum Gasteiger partial charge on any atom is 0.313 e. The normalized spacial score (nSPS) is 15.0. The summed E-state index contributed by atoms with van der Waals surface area (Å²) in [5.74, 6) is 0.715. The molecule has 0 radical (unpaired) electrons. The van der Waals surface area contributed by atoms with Crippen LogP contribution in [0.2, 0.25) is 5.04 Å². The van der Waals surface area contributed by atoms with E-state index in [2.05, 4.69) is 19.1 Å². The molecule has 2 aromatic carbocycles. The second-order valence-electron chi connectivity index (χ2n) is 6.18. The standard InChI is InChI=1S/C19H24O2Si/c1-3-10-17(15-11-6-4-7-12-15)19(2,22)18(20)21-16-13-8-5-9-14-16/h4-9,11-14,17H,3,10H2,1-2,22H3. The minimum Gasteiger partial charge on any atom is -0.426 e. The Kier molecular flexibility index (Phi) is 5.55. The van der Waals surface area contributed by atoms with E-state index in [0.717, 1.165) is 23.1 Å². The molecule has 116 valence electrons. The van der Waals surface area contributed by atoms with Crippen LogP contribution in [-0.2, 0) is 4.79 Å². The summed E-state index contributed by atoms with van der Waals surface area (Å²) in [6.07, 6.45) is 2.05. The first-order valence-corrected chi connectivity index (χ1v) is 8.88. The molecule has 0 aliphatic rings. The van der Waals surface area contributed by atoms with Crippen molar-refractivity contribution in [1.82, 2.24) is 0 Å². The molecule has 0 aliphatic heterocycles. The number of benzene rings is 2. The zero-order valence-electron chi connectivity index (χ0n) is 13.6. The number of esters is 1. The molecule has 2 unspecified atom stereocenters. The van der Waals surface area contributed by atoms with Gasteiger partial charge in [-0.05, 0) is 30.0 Å². The molecule has 0 N–H and O–H groups in total. The van der Waals surface area contributed by atoms with E-state index in [0.29, 0.717) is 5.75 Å². The number of hydrogen-bond donors (Lipinski definition) is 0. The molecule has 2 aromatic rings. The van der Waals surface area contributed by atoms with E-state index < -0.39 is 5.04 Å². The van der Waals surface area contributed by atoms with Crippen molar-refractivity contribution >= 4 is 16.2 Å². The molecule has 22 heavy (non-hydrogen) atoms. The van der Waals surface area contributed by atoms with E-state index in [4.69, 9.17) is 4.74 Å². The summed E-state index contributed by atoms with van der Waals surface area (Å²) in [5.41, 5.74) is 1.23. The van der Waals surface area contributed by atoms with Crippen LogP contribution in [0.3, 0.4) is 0 Å². The third kappa shape index (κ3) is 3.86. The summed E-state index contributed by atoms with van der Waals surface area (Å²) in [4.78, 5) is 12.7. The average molecular weight is 312 g/mol. The van der Waals surface area contributed by atoms with Crippen LogP contribution in [0.5, 0.6) is 5.75 Å². The van der Waals surface area contributed by atoms with Gasteiger partial charge in [-0.25, -0.2) is 0 Å². The van der Waals surface area contributed by atoms with Gasteiger partial charge in [0.15, 0.2) is 0 Å². The van der Waals surface area contributed by atoms with Gasteiger partial charge >= 0.3 is 5.97 Å². The van der Waals surface area contributed by atoms with E-state index in [9.17, 15) is 4.79 Å². The minimum absolute atomic E-state index is 0.118.